The third-order valence-electron chi connectivity index (χ3n) is 1.62. The summed E-state index contributed by atoms with van der Waals surface area (Å²) in [6.45, 7) is 0. The number of aromatic nitrogens is 1. The Kier molecular flexibility index (Phi) is 3.40. The molecule has 0 saturated heterocycles. The van der Waals surface area contributed by atoms with Crippen LogP contribution in [-0.4, -0.2) is 36.1 Å². The Morgan fingerprint density at radius 2 is 2.00 bits per heavy atom. The van der Waals surface area contributed by atoms with E-state index in [2.05, 4.69) is 15.7 Å². The third kappa shape index (κ3) is 3.06. The minimum atomic E-state index is -0.455. The molecule has 0 aliphatic heterocycles. The number of hydrogen-bond donors (Lipinski definition) is 2. The minimum absolute atomic E-state index is 0.00120. The minimum Gasteiger partial charge on any atom is -0.373 e. The number of pyridine rings is 1. The fraction of sp³-hybridized carbons (Fsp3) is 0.375. The van der Waals surface area contributed by atoms with Crippen molar-refractivity contribution < 1.29 is 4.92 Å². The monoisotopic (exact) mass is 211 g/mol. The van der Waals surface area contributed by atoms with E-state index in [1.54, 1.807) is 26.2 Å². The van der Waals surface area contributed by atoms with Crippen LogP contribution >= 0.6 is 0 Å². The summed E-state index contributed by atoms with van der Waals surface area (Å²) in [5.41, 5.74) is 2.85. The number of rotatable bonds is 4. The summed E-state index contributed by atoms with van der Waals surface area (Å²) >= 11 is 0. The van der Waals surface area contributed by atoms with Crippen LogP contribution in [0.3, 0.4) is 0 Å². The molecular formula is C8H13N5O2. The second-order valence-electron chi connectivity index (χ2n) is 3.11. The third-order valence-corrected chi connectivity index (χ3v) is 1.62. The lowest BCUT2D eigenvalue weighted by atomic mass is 10.4. The summed E-state index contributed by atoms with van der Waals surface area (Å²) in [5.74, 6) is 0.882. The first-order valence-corrected chi connectivity index (χ1v) is 4.31. The Labute approximate surface area is 87.2 Å². The van der Waals surface area contributed by atoms with Crippen LogP contribution in [0.25, 0.3) is 0 Å². The van der Waals surface area contributed by atoms with Crippen LogP contribution in [0.5, 0.6) is 0 Å². The van der Waals surface area contributed by atoms with Crippen molar-refractivity contribution in [1.29, 1.82) is 0 Å². The van der Waals surface area contributed by atoms with Gasteiger partial charge in [0, 0.05) is 21.1 Å². The largest absolute Gasteiger partial charge is 0.373 e. The van der Waals surface area contributed by atoms with Gasteiger partial charge < -0.3 is 10.7 Å². The summed E-state index contributed by atoms with van der Waals surface area (Å²) in [4.78, 5) is 14.3. The molecule has 1 aromatic rings. The van der Waals surface area contributed by atoms with Crippen LogP contribution < -0.4 is 10.7 Å². The standard InChI is InChI=1S/C8H13N5O2/c1-9-7-4-6(13(14)15)5-8(10-7)11-12(2)3/h4-5H,1-3H3,(H2,9,10,11). The maximum Gasteiger partial charge on any atom is 0.276 e. The van der Waals surface area contributed by atoms with Crippen LogP contribution in [0.1, 0.15) is 0 Å². The zero-order chi connectivity index (χ0) is 11.4. The Hall–Kier alpha value is -1.89. The highest BCUT2D eigenvalue weighted by Crippen LogP contribution is 2.20. The van der Waals surface area contributed by atoms with Crippen LogP contribution in [0.2, 0.25) is 0 Å². The van der Waals surface area contributed by atoms with E-state index in [0.29, 0.717) is 11.6 Å². The van der Waals surface area contributed by atoms with Crippen molar-refractivity contribution in [3.63, 3.8) is 0 Å². The molecule has 1 aromatic heterocycles. The van der Waals surface area contributed by atoms with Gasteiger partial charge in [0.25, 0.3) is 5.69 Å². The number of hydrogen-bond acceptors (Lipinski definition) is 6. The van der Waals surface area contributed by atoms with Gasteiger partial charge in [-0.15, -0.1) is 0 Å². The van der Waals surface area contributed by atoms with E-state index in [1.807, 2.05) is 0 Å². The predicted octanol–water partition coefficient (Wildman–Crippen LogP) is 0.920. The van der Waals surface area contributed by atoms with Crippen molar-refractivity contribution in [3.05, 3.63) is 22.2 Å². The highest BCUT2D eigenvalue weighted by molar-refractivity contribution is 5.54. The molecule has 0 aliphatic carbocycles. The first kappa shape index (κ1) is 11.2. The molecule has 0 bridgehead atoms. The Balaban J connectivity index is 3.05. The van der Waals surface area contributed by atoms with Gasteiger partial charge in [0.15, 0.2) is 0 Å². The summed E-state index contributed by atoms with van der Waals surface area (Å²) < 4.78 is 0. The van der Waals surface area contributed by atoms with Gasteiger partial charge in [-0.2, -0.15) is 0 Å². The molecule has 0 atom stereocenters. The maximum absolute atomic E-state index is 10.6. The molecule has 0 spiro atoms. The number of nitrogens with one attached hydrogen (secondary N) is 2. The van der Waals surface area contributed by atoms with Gasteiger partial charge >= 0.3 is 0 Å². The van der Waals surface area contributed by atoms with Gasteiger partial charge in [0.1, 0.15) is 11.6 Å². The topological polar surface area (TPSA) is 83.3 Å². The van der Waals surface area contributed by atoms with Crippen molar-refractivity contribution in [1.82, 2.24) is 9.99 Å². The molecule has 7 heteroatoms. The molecular weight excluding hydrogens is 198 g/mol. The number of anilines is 2. The molecule has 0 amide bonds. The first-order valence-electron chi connectivity index (χ1n) is 4.31. The number of hydrazine groups is 1. The molecule has 82 valence electrons. The lowest BCUT2D eigenvalue weighted by Gasteiger charge is -2.13. The highest BCUT2D eigenvalue weighted by atomic mass is 16.6. The van der Waals surface area contributed by atoms with Crippen LogP contribution in [0.15, 0.2) is 12.1 Å². The smallest absolute Gasteiger partial charge is 0.276 e. The molecule has 0 unspecified atom stereocenters. The summed E-state index contributed by atoms with van der Waals surface area (Å²) in [7, 11) is 5.21. The number of nitrogens with zero attached hydrogens (tertiary/aromatic N) is 3. The van der Waals surface area contributed by atoms with Crippen molar-refractivity contribution in [2.75, 3.05) is 31.9 Å². The van der Waals surface area contributed by atoms with E-state index < -0.39 is 4.92 Å². The zero-order valence-electron chi connectivity index (χ0n) is 8.81. The van der Waals surface area contributed by atoms with Crippen LogP contribution in [-0.2, 0) is 0 Å². The van der Waals surface area contributed by atoms with E-state index in [9.17, 15) is 10.1 Å². The van der Waals surface area contributed by atoms with E-state index in [1.165, 1.54) is 12.1 Å². The molecule has 7 nitrogen and oxygen atoms in total. The van der Waals surface area contributed by atoms with Crippen molar-refractivity contribution >= 4 is 17.3 Å². The van der Waals surface area contributed by atoms with Gasteiger partial charge in [0.05, 0.1) is 17.1 Å². The SMILES string of the molecule is CNc1cc([N+](=O)[O-])cc(NN(C)C)n1. The lowest BCUT2D eigenvalue weighted by molar-refractivity contribution is -0.384. The van der Waals surface area contributed by atoms with Gasteiger partial charge in [-0.3, -0.25) is 10.1 Å². The first-order chi connectivity index (χ1) is 7.02. The molecule has 0 aliphatic rings. The average molecular weight is 211 g/mol. The van der Waals surface area contributed by atoms with Gasteiger partial charge in [-0.05, 0) is 0 Å². The lowest BCUT2D eigenvalue weighted by Crippen LogP contribution is -2.20. The average Bonchev–Trinajstić information content (AvgIpc) is 2.16. The highest BCUT2D eigenvalue weighted by Gasteiger charge is 2.10. The molecule has 1 rings (SSSR count). The quantitative estimate of drug-likeness (QED) is 0.569. The molecule has 2 N–H and O–H groups in total. The second-order valence-corrected chi connectivity index (χ2v) is 3.11. The van der Waals surface area contributed by atoms with Crippen molar-refractivity contribution in [2.24, 2.45) is 0 Å². The normalized spacial score (nSPS) is 10.1. The molecule has 0 fully saturated rings. The Morgan fingerprint density at radius 3 is 2.47 bits per heavy atom. The Morgan fingerprint density at radius 1 is 1.40 bits per heavy atom. The molecule has 0 saturated carbocycles. The predicted molar refractivity (Wildman–Crippen MR) is 57.7 cm³/mol. The fourth-order valence-corrected chi connectivity index (χ4v) is 1.04. The molecule has 1 heterocycles. The molecule has 0 aromatic carbocycles. The van der Waals surface area contributed by atoms with E-state index in [4.69, 9.17) is 0 Å². The second kappa shape index (κ2) is 4.56. The van der Waals surface area contributed by atoms with Gasteiger partial charge in [-0.1, -0.05) is 0 Å². The van der Waals surface area contributed by atoms with E-state index in [0.717, 1.165) is 0 Å². The van der Waals surface area contributed by atoms with Crippen LogP contribution in [0.4, 0.5) is 17.3 Å². The Bertz CT molecular complexity index is 366. The maximum atomic E-state index is 10.6. The molecule has 15 heavy (non-hydrogen) atoms. The summed E-state index contributed by atoms with van der Waals surface area (Å²) in [5, 5.41) is 15.0. The fourth-order valence-electron chi connectivity index (χ4n) is 1.04. The summed E-state index contributed by atoms with van der Waals surface area (Å²) in [6, 6.07) is 2.75. The molecule has 0 radical (unpaired) electrons. The van der Waals surface area contributed by atoms with E-state index in [-0.39, 0.29) is 5.69 Å². The van der Waals surface area contributed by atoms with Crippen molar-refractivity contribution in [2.45, 2.75) is 0 Å². The van der Waals surface area contributed by atoms with E-state index >= 15 is 0 Å². The van der Waals surface area contributed by atoms with Crippen molar-refractivity contribution in [3.8, 4) is 0 Å². The van der Waals surface area contributed by atoms with Crippen LogP contribution in [0, 0.1) is 10.1 Å². The number of nitro groups is 1. The van der Waals surface area contributed by atoms with Gasteiger partial charge in [-0.25, -0.2) is 9.99 Å². The van der Waals surface area contributed by atoms with Gasteiger partial charge in [0.2, 0.25) is 0 Å². The zero-order valence-corrected chi connectivity index (χ0v) is 8.81. The summed E-state index contributed by atoms with van der Waals surface area (Å²) in [6.07, 6.45) is 0.